The van der Waals surface area contributed by atoms with Crippen molar-refractivity contribution < 1.29 is 23.9 Å². The molecule has 0 aromatic heterocycles. The molecule has 0 aliphatic carbocycles. The van der Waals surface area contributed by atoms with Crippen molar-refractivity contribution in [3.05, 3.63) is 29.8 Å². The number of hydrogen-bond acceptors (Lipinski definition) is 6. The number of nitrogens with zero attached hydrogens (tertiary/aromatic N) is 3. The molecule has 0 saturated carbocycles. The number of carbonyl (C=O) groups excluding carboxylic acids is 3. The van der Waals surface area contributed by atoms with Crippen LogP contribution in [0.4, 0.5) is 10.5 Å². The zero-order valence-electron chi connectivity index (χ0n) is 17.9. The predicted molar refractivity (Wildman–Crippen MR) is 110 cm³/mol. The number of carbonyl (C=O) groups is 3. The lowest BCUT2D eigenvalue weighted by molar-refractivity contribution is -0.139. The van der Waals surface area contributed by atoms with Gasteiger partial charge in [0.25, 0.3) is 0 Å². The molecule has 0 radical (unpaired) electrons. The molecule has 1 fully saturated rings. The van der Waals surface area contributed by atoms with E-state index in [4.69, 9.17) is 4.74 Å². The van der Waals surface area contributed by atoms with E-state index in [1.165, 1.54) is 7.11 Å². The molecule has 0 spiro atoms. The van der Waals surface area contributed by atoms with E-state index in [1.54, 1.807) is 34.1 Å². The molecule has 1 aromatic rings. The van der Waals surface area contributed by atoms with Crippen molar-refractivity contribution in [2.45, 2.75) is 38.8 Å². The zero-order chi connectivity index (χ0) is 21.6. The largest absolute Gasteiger partial charge is 0.469 e. The van der Waals surface area contributed by atoms with E-state index in [0.29, 0.717) is 26.2 Å². The van der Waals surface area contributed by atoms with Crippen LogP contribution in [0.3, 0.4) is 0 Å². The summed E-state index contributed by atoms with van der Waals surface area (Å²) in [6.45, 7) is 7.75. The summed E-state index contributed by atoms with van der Waals surface area (Å²) in [6, 6.07) is 7.21. The molecule has 160 valence electrons. The molecule has 1 unspecified atom stereocenters. The fourth-order valence-electron chi connectivity index (χ4n) is 3.12. The van der Waals surface area contributed by atoms with E-state index in [1.807, 2.05) is 27.8 Å². The molecular formula is C21H31N3O5. The Balaban J connectivity index is 2.03. The molecule has 29 heavy (non-hydrogen) atoms. The summed E-state index contributed by atoms with van der Waals surface area (Å²) in [6.07, 6.45) is 0.643. The lowest BCUT2D eigenvalue weighted by Gasteiger charge is -2.41. The normalized spacial score (nSPS) is 17.6. The van der Waals surface area contributed by atoms with Gasteiger partial charge >= 0.3 is 12.1 Å². The highest BCUT2D eigenvalue weighted by Gasteiger charge is 2.31. The first-order valence-corrected chi connectivity index (χ1v) is 9.69. The van der Waals surface area contributed by atoms with E-state index >= 15 is 0 Å². The standard InChI is InChI=1S/C21H31N3O5/c1-21(2,3)29-20(27)23-11-10-22(4)18(13-23)14-24(15-25)17-8-6-16(7-9-17)12-19(26)28-5/h6-9,15,18H,10-14H2,1-5H3. The Bertz CT molecular complexity index is 714. The fourth-order valence-corrected chi connectivity index (χ4v) is 3.12. The smallest absolute Gasteiger partial charge is 0.410 e. The highest BCUT2D eigenvalue weighted by atomic mass is 16.6. The lowest BCUT2D eigenvalue weighted by Crippen LogP contribution is -2.57. The molecule has 1 heterocycles. The summed E-state index contributed by atoms with van der Waals surface area (Å²) in [5.41, 5.74) is 1.00. The summed E-state index contributed by atoms with van der Waals surface area (Å²) in [5.74, 6) is -0.309. The van der Waals surface area contributed by atoms with E-state index in [9.17, 15) is 14.4 Å². The van der Waals surface area contributed by atoms with Crippen LogP contribution in [-0.4, -0.2) is 80.3 Å². The van der Waals surface area contributed by atoms with Gasteiger partial charge in [0.15, 0.2) is 0 Å². The second-order valence-corrected chi connectivity index (χ2v) is 8.24. The minimum Gasteiger partial charge on any atom is -0.469 e. The number of rotatable bonds is 6. The predicted octanol–water partition coefficient (Wildman–Crippen LogP) is 1.92. The van der Waals surface area contributed by atoms with Crippen molar-refractivity contribution in [1.82, 2.24) is 9.80 Å². The number of amides is 2. The Morgan fingerprint density at radius 3 is 2.41 bits per heavy atom. The maximum Gasteiger partial charge on any atom is 0.410 e. The second-order valence-electron chi connectivity index (χ2n) is 8.24. The first-order valence-electron chi connectivity index (χ1n) is 9.69. The van der Waals surface area contributed by atoms with Crippen LogP contribution in [0.5, 0.6) is 0 Å². The molecule has 8 nitrogen and oxygen atoms in total. The number of esters is 1. The Kier molecular flexibility index (Phi) is 7.61. The van der Waals surface area contributed by atoms with E-state index in [0.717, 1.165) is 17.7 Å². The lowest BCUT2D eigenvalue weighted by atomic mass is 10.1. The Morgan fingerprint density at radius 1 is 1.21 bits per heavy atom. The van der Waals surface area contributed by atoms with E-state index in [-0.39, 0.29) is 24.5 Å². The summed E-state index contributed by atoms with van der Waals surface area (Å²) in [4.78, 5) is 41.0. The number of piperazine rings is 1. The van der Waals surface area contributed by atoms with Crippen LogP contribution in [0, 0.1) is 0 Å². The number of ether oxygens (including phenoxy) is 2. The Labute approximate surface area is 172 Å². The van der Waals surface area contributed by atoms with Gasteiger partial charge in [-0.05, 0) is 45.5 Å². The SMILES string of the molecule is COC(=O)Cc1ccc(N(C=O)CC2CN(C(=O)OC(C)(C)C)CCN2C)cc1. The number of methoxy groups -OCH3 is 1. The third kappa shape index (κ3) is 6.74. The molecular weight excluding hydrogens is 374 g/mol. The van der Waals surface area contributed by atoms with Crippen molar-refractivity contribution in [1.29, 1.82) is 0 Å². The third-order valence-corrected chi connectivity index (χ3v) is 4.81. The van der Waals surface area contributed by atoms with Gasteiger partial charge in [-0.3, -0.25) is 14.5 Å². The fraction of sp³-hybridized carbons (Fsp3) is 0.571. The van der Waals surface area contributed by atoms with Gasteiger partial charge in [0.1, 0.15) is 5.60 Å². The van der Waals surface area contributed by atoms with E-state index in [2.05, 4.69) is 9.64 Å². The van der Waals surface area contributed by atoms with Gasteiger partial charge in [0, 0.05) is 37.9 Å². The van der Waals surface area contributed by atoms with Crippen LogP contribution in [0.15, 0.2) is 24.3 Å². The van der Waals surface area contributed by atoms with Crippen LogP contribution >= 0.6 is 0 Å². The minimum atomic E-state index is -0.545. The number of hydrogen-bond donors (Lipinski definition) is 0. The molecule has 1 saturated heterocycles. The molecule has 2 rings (SSSR count). The van der Waals surface area contributed by atoms with Gasteiger partial charge in [-0.2, -0.15) is 0 Å². The van der Waals surface area contributed by atoms with Crippen LogP contribution in [0.2, 0.25) is 0 Å². The monoisotopic (exact) mass is 405 g/mol. The maximum atomic E-state index is 12.4. The van der Waals surface area contributed by atoms with Crippen LogP contribution in [0.25, 0.3) is 0 Å². The van der Waals surface area contributed by atoms with Crippen LogP contribution in [-0.2, 0) is 25.5 Å². The topological polar surface area (TPSA) is 79.4 Å². The Morgan fingerprint density at radius 2 is 1.86 bits per heavy atom. The van der Waals surface area contributed by atoms with Gasteiger partial charge in [0.2, 0.25) is 6.41 Å². The summed E-state index contributed by atoms with van der Waals surface area (Å²) < 4.78 is 10.1. The van der Waals surface area contributed by atoms with Crippen LogP contribution < -0.4 is 4.90 Å². The van der Waals surface area contributed by atoms with Gasteiger partial charge in [-0.1, -0.05) is 12.1 Å². The highest BCUT2D eigenvalue weighted by molar-refractivity contribution is 5.76. The van der Waals surface area contributed by atoms with Crippen molar-refractivity contribution >= 4 is 24.2 Å². The van der Waals surface area contributed by atoms with Crippen molar-refractivity contribution in [2.75, 3.05) is 45.2 Å². The third-order valence-electron chi connectivity index (χ3n) is 4.81. The Hall–Kier alpha value is -2.61. The molecule has 1 aliphatic rings. The first-order chi connectivity index (χ1) is 13.6. The average Bonchev–Trinajstić information content (AvgIpc) is 2.66. The zero-order valence-corrected chi connectivity index (χ0v) is 17.9. The molecule has 8 heteroatoms. The average molecular weight is 405 g/mol. The minimum absolute atomic E-state index is 0.0174. The first kappa shape index (κ1) is 22.7. The van der Waals surface area contributed by atoms with Crippen molar-refractivity contribution in [2.24, 2.45) is 0 Å². The number of likely N-dealkylation sites (N-methyl/N-ethyl adjacent to an activating group) is 1. The summed E-state index contributed by atoms with van der Waals surface area (Å²) >= 11 is 0. The van der Waals surface area contributed by atoms with Gasteiger partial charge < -0.3 is 19.3 Å². The molecule has 1 aromatic carbocycles. The van der Waals surface area contributed by atoms with Gasteiger partial charge in [0.05, 0.1) is 13.5 Å². The van der Waals surface area contributed by atoms with Crippen molar-refractivity contribution in [3.63, 3.8) is 0 Å². The summed E-state index contributed by atoms with van der Waals surface area (Å²) in [7, 11) is 3.34. The molecule has 0 bridgehead atoms. The molecule has 0 N–H and O–H groups in total. The number of anilines is 1. The second kappa shape index (κ2) is 9.73. The maximum absolute atomic E-state index is 12.4. The van der Waals surface area contributed by atoms with Crippen LogP contribution in [0.1, 0.15) is 26.3 Å². The molecule has 1 aliphatic heterocycles. The molecule has 2 amide bonds. The number of benzene rings is 1. The van der Waals surface area contributed by atoms with Gasteiger partial charge in [-0.25, -0.2) is 4.79 Å². The van der Waals surface area contributed by atoms with Crippen molar-refractivity contribution in [3.8, 4) is 0 Å². The molecule has 1 atom stereocenters. The van der Waals surface area contributed by atoms with Gasteiger partial charge in [-0.15, -0.1) is 0 Å². The summed E-state index contributed by atoms with van der Waals surface area (Å²) in [5, 5.41) is 0. The quantitative estimate of drug-likeness (QED) is 0.531. The highest BCUT2D eigenvalue weighted by Crippen LogP contribution is 2.19. The van der Waals surface area contributed by atoms with E-state index < -0.39 is 5.60 Å².